The number of likely N-dealkylation sites (tertiary alicyclic amines) is 1. The average molecular weight is 492 g/mol. The number of ether oxygens (including phenoxy) is 1. The summed E-state index contributed by atoms with van der Waals surface area (Å²) in [6.45, 7) is 5.11. The van der Waals surface area contributed by atoms with Crippen molar-refractivity contribution in [2.24, 2.45) is 0 Å². The Morgan fingerprint density at radius 1 is 1.39 bits per heavy atom. The fourth-order valence-corrected chi connectivity index (χ4v) is 7.58. The van der Waals surface area contributed by atoms with Crippen molar-refractivity contribution in [3.8, 4) is 11.5 Å². The summed E-state index contributed by atoms with van der Waals surface area (Å²) in [5.41, 5.74) is 0.314. The smallest absolute Gasteiger partial charge is 0.251 e. The standard InChI is InChI=1S/C27H29N3O6/c1-3-12-29-13-11-26-23-18-5-6-20(31)24(23)36-25(26)19(8-10-27(26,30(33)34)21(29)15-18)28(2)22(32)7-4-17-9-14-35-16-17/h3-7,9,14,16,19,21,25,31H,1,8,10-13,15H2,2H3/b7-4+/t19-,21+,25-,26-,27+/m0/s1. The highest BCUT2D eigenvalue weighted by atomic mass is 16.6. The van der Waals surface area contributed by atoms with E-state index in [9.17, 15) is 20.0 Å². The molecule has 188 valence electrons. The van der Waals surface area contributed by atoms with Gasteiger partial charge in [-0.05, 0) is 43.0 Å². The van der Waals surface area contributed by atoms with Gasteiger partial charge in [0.1, 0.15) is 11.5 Å². The van der Waals surface area contributed by atoms with E-state index in [4.69, 9.17) is 9.15 Å². The van der Waals surface area contributed by atoms with Crippen molar-refractivity contribution in [1.29, 1.82) is 0 Å². The molecular formula is C27H29N3O6. The van der Waals surface area contributed by atoms with Gasteiger partial charge in [-0.2, -0.15) is 0 Å². The molecule has 5 atom stereocenters. The molecule has 1 aromatic carbocycles. The van der Waals surface area contributed by atoms with Crippen molar-refractivity contribution >= 4 is 12.0 Å². The third-order valence-electron chi connectivity index (χ3n) is 9.04. The van der Waals surface area contributed by atoms with E-state index in [-0.39, 0.29) is 28.7 Å². The zero-order valence-electron chi connectivity index (χ0n) is 20.1. The van der Waals surface area contributed by atoms with Crippen molar-refractivity contribution in [2.45, 2.75) is 54.8 Å². The van der Waals surface area contributed by atoms with E-state index in [1.54, 1.807) is 42.5 Å². The SMILES string of the molecule is C=CCN1CC[C@]23c4c5ccc(O)c4O[C@H]2[C@@H](N(C)C(=O)/C=C/c2ccoc2)CC[C@@]3([N+](=O)[O-])[C@H]1C5. The van der Waals surface area contributed by atoms with E-state index < -0.39 is 17.1 Å². The largest absolute Gasteiger partial charge is 0.504 e. The minimum absolute atomic E-state index is 0.00525. The van der Waals surface area contributed by atoms with Crippen LogP contribution in [0.2, 0.25) is 0 Å². The fourth-order valence-electron chi connectivity index (χ4n) is 7.58. The molecule has 3 heterocycles. The van der Waals surface area contributed by atoms with Gasteiger partial charge >= 0.3 is 0 Å². The van der Waals surface area contributed by atoms with Gasteiger partial charge in [-0.15, -0.1) is 6.58 Å². The summed E-state index contributed by atoms with van der Waals surface area (Å²) in [5.74, 6) is 0.127. The lowest BCUT2D eigenvalue weighted by Crippen LogP contribution is -2.80. The van der Waals surface area contributed by atoms with Crippen LogP contribution >= 0.6 is 0 Å². The van der Waals surface area contributed by atoms with Crippen molar-refractivity contribution in [2.75, 3.05) is 20.1 Å². The highest BCUT2D eigenvalue weighted by molar-refractivity contribution is 5.92. The van der Waals surface area contributed by atoms with E-state index in [0.717, 1.165) is 16.7 Å². The summed E-state index contributed by atoms with van der Waals surface area (Å²) < 4.78 is 11.6. The van der Waals surface area contributed by atoms with Crippen LogP contribution in [0.4, 0.5) is 0 Å². The topological polar surface area (TPSA) is 109 Å². The maximum atomic E-state index is 13.2. The number of nitro groups is 1. The van der Waals surface area contributed by atoms with E-state index in [2.05, 4.69) is 11.5 Å². The number of amides is 1. The number of piperidine rings is 1. The van der Waals surface area contributed by atoms with Gasteiger partial charge in [-0.3, -0.25) is 19.8 Å². The summed E-state index contributed by atoms with van der Waals surface area (Å²) in [6, 6.07) is 4.55. The summed E-state index contributed by atoms with van der Waals surface area (Å²) in [7, 11) is 1.72. The number of nitrogens with zero attached hydrogens (tertiary/aromatic N) is 3. The first kappa shape index (κ1) is 22.8. The van der Waals surface area contributed by atoms with Crippen LogP contribution in [0.3, 0.4) is 0 Å². The normalized spacial score (nSPS) is 32.1. The zero-order valence-corrected chi connectivity index (χ0v) is 20.1. The Bertz CT molecular complexity index is 1270. The molecule has 4 aliphatic rings. The monoisotopic (exact) mass is 491 g/mol. The second kappa shape index (κ2) is 7.96. The number of rotatable bonds is 6. The second-order valence-corrected chi connectivity index (χ2v) is 10.3. The first-order chi connectivity index (χ1) is 17.3. The van der Waals surface area contributed by atoms with Gasteiger partial charge in [-0.25, -0.2) is 0 Å². The highest BCUT2D eigenvalue weighted by Gasteiger charge is 2.80. The Morgan fingerprint density at radius 3 is 2.94 bits per heavy atom. The van der Waals surface area contributed by atoms with Crippen molar-refractivity contribution in [1.82, 2.24) is 9.80 Å². The van der Waals surface area contributed by atoms with Crippen LogP contribution in [0.5, 0.6) is 11.5 Å². The van der Waals surface area contributed by atoms with Gasteiger partial charge < -0.3 is 19.2 Å². The molecule has 1 aromatic heterocycles. The molecule has 1 amide bonds. The Morgan fingerprint density at radius 2 is 2.22 bits per heavy atom. The Kier molecular flexibility index (Phi) is 5.05. The molecule has 1 N–H and O–H groups in total. The first-order valence-electron chi connectivity index (χ1n) is 12.3. The van der Waals surface area contributed by atoms with Crippen LogP contribution < -0.4 is 4.74 Å². The Hall–Kier alpha value is -3.59. The molecule has 2 aromatic rings. The minimum atomic E-state index is -1.28. The molecule has 36 heavy (non-hydrogen) atoms. The average Bonchev–Trinajstić information content (AvgIpc) is 3.51. The molecule has 6 rings (SSSR count). The summed E-state index contributed by atoms with van der Waals surface area (Å²) >= 11 is 0. The molecule has 0 radical (unpaired) electrons. The molecule has 1 saturated heterocycles. The molecule has 0 unspecified atom stereocenters. The van der Waals surface area contributed by atoms with Crippen LogP contribution in [0, 0.1) is 10.1 Å². The third kappa shape index (κ3) is 2.77. The summed E-state index contributed by atoms with van der Waals surface area (Å²) in [5, 5.41) is 23.9. The van der Waals surface area contributed by atoms with Gasteiger partial charge in [-0.1, -0.05) is 12.1 Å². The summed E-state index contributed by atoms with van der Waals surface area (Å²) in [4.78, 5) is 30.0. The van der Waals surface area contributed by atoms with Crippen molar-refractivity contribution in [3.63, 3.8) is 0 Å². The maximum Gasteiger partial charge on any atom is 0.251 e. The zero-order chi connectivity index (χ0) is 25.2. The van der Waals surface area contributed by atoms with E-state index >= 15 is 0 Å². The van der Waals surface area contributed by atoms with Crippen LogP contribution in [-0.4, -0.2) is 69.6 Å². The lowest BCUT2D eigenvalue weighted by atomic mass is 9.46. The number of likely N-dealkylation sites (N-methyl/N-ethyl adjacent to an activating group) is 1. The number of carbonyl (C=O) groups excluding carboxylic acids is 1. The minimum Gasteiger partial charge on any atom is -0.504 e. The predicted molar refractivity (Wildman–Crippen MR) is 131 cm³/mol. The lowest BCUT2D eigenvalue weighted by Gasteiger charge is -2.61. The molecule has 2 aliphatic heterocycles. The molecule has 1 saturated carbocycles. The van der Waals surface area contributed by atoms with E-state index in [0.29, 0.717) is 44.5 Å². The van der Waals surface area contributed by atoms with Crippen molar-refractivity contribution < 1.29 is 24.0 Å². The van der Waals surface area contributed by atoms with Crippen LogP contribution in [0.15, 0.2) is 53.9 Å². The molecular weight excluding hydrogens is 462 g/mol. The number of phenolic OH excluding ortho intramolecular Hbond substituents is 1. The number of hydrogen-bond acceptors (Lipinski definition) is 7. The van der Waals surface area contributed by atoms with Crippen LogP contribution in [0.25, 0.3) is 6.08 Å². The van der Waals surface area contributed by atoms with Gasteiger partial charge in [0.15, 0.2) is 11.5 Å². The molecule has 2 fully saturated rings. The number of aromatic hydroxyl groups is 1. The predicted octanol–water partition coefficient (Wildman–Crippen LogP) is 3.15. The molecule has 9 nitrogen and oxygen atoms in total. The lowest BCUT2D eigenvalue weighted by molar-refractivity contribution is -0.605. The summed E-state index contributed by atoms with van der Waals surface area (Å²) in [6.07, 6.45) is 9.20. The number of carbonyl (C=O) groups is 1. The maximum absolute atomic E-state index is 13.2. The number of hydrogen-bond donors (Lipinski definition) is 1. The number of phenols is 1. The first-order valence-corrected chi connectivity index (χ1v) is 12.3. The molecule has 2 aliphatic carbocycles. The van der Waals surface area contributed by atoms with E-state index in [1.807, 2.05) is 6.07 Å². The van der Waals surface area contributed by atoms with Crippen molar-refractivity contribution in [3.05, 3.63) is 76.3 Å². The van der Waals surface area contributed by atoms with Crippen LogP contribution in [-0.2, 0) is 16.6 Å². The second-order valence-electron chi connectivity index (χ2n) is 10.3. The fraction of sp³-hybridized carbons (Fsp3) is 0.444. The van der Waals surface area contributed by atoms with Gasteiger partial charge in [0, 0.05) is 48.7 Å². The highest BCUT2D eigenvalue weighted by Crippen LogP contribution is 2.66. The number of benzene rings is 1. The Balaban J connectivity index is 1.46. The molecule has 1 spiro atoms. The van der Waals surface area contributed by atoms with Gasteiger partial charge in [0.2, 0.25) is 5.91 Å². The van der Waals surface area contributed by atoms with Crippen LogP contribution in [0.1, 0.15) is 36.0 Å². The Labute approximate surface area is 208 Å². The molecule has 2 bridgehead atoms. The molecule has 9 heteroatoms. The van der Waals surface area contributed by atoms with E-state index in [1.165, 1.54) is 12.3 Å². The van der Waals surface area contributed by atoms with Gasteiger partial charge in [0.05, 0.1) is 24.6 Å². The number of furan rings is 1. The third-order valence-corrected chi connectivity index (χ3v) is 9.04. The quantitative estimate of drug-likeness (QED) is 0.286. The van der Waals surface area contributed by atoms with Gasteiger partial charge in [0.25, 0.3) is 5.54 Å².